The Morgan fingerprint density at radius 2 is 1.78 bits per heavy atom. The van der Waals surface area contributed by atoms with Crippen molar-refractivity contribution in [2.24, 2.45) is 7.05 Å². The molecule has 2 aromatic heterocycles. The number of aromatic nitrogens is 4. The lowest BCUT2D eigenvalue weighted by Crippen LogP contribution is -2.51. The Hall–Kier alpha value is -2.41. The van der Waals surface area contributed by atoms with Crippen molar-refractivity contribution in [1.29, 1.82) is 0 Å². The summed E-state index contributed by atoms with van der Waals surface area (Å²) in [6.45, 7) is 0.248. The van der Waals surface area contributed by atoms with E-state index in [4.69, 9.17) is 0 Å². The number of halogens is 3. The van der Waals surface area contributed by atoms with Gasteiger partial charge in [-0.2, -0.15) is 27.7 Å². The van der Waals surface area contributed by atoms with E-state index in [1.807, 2.05) is 0 Å². The van der Waals surface area contributed by atoms with Crippen LogP contribution in [0.15, 0.2) is 17.3 Å². The van der Waals surface area contributed by atoms with E-state index in [-0.39, 0.29) is 49.1 Å². The van der Waals surface area contributed by atoms with Gasteiger partial charge in [-0.15, -0.1) is 0 Å². The largest absolute Gasteiger partial charge is 0.435 e. The maximum absolute atomic E-state index is 13.5. The van der Waals surface area contributed by atoms with E-state index in [1.54, 1.807) is 7.05 Å². The molecule has 32 heavy (non-hydrogen) atoms. The van der Waals surface area contributed by atoms with E-state index in [1.165, 1.54) is 31.0 Å². The van der Waals surface area contributed by atoms with E-state index in [2.05, 4.69) is 10.2 Å². The van der Waals surface area contributed by atoms with E-state index in [0.29, 0.717) is 25.0 Å². The van der Waals surface area contributed by atoms with Gasteiger partial charge in [0, 0.05) is 50.7 Å². The molecule has 2 aliphatic rings. The Bertz CT molecular complexity index is 1100. The van der Waals surface area contributed by atoms with Crippen LogP contribution < -0.4 is 0 Å². The highest BCUT2D eigenvalue weighted by atomic mass is 32.2. The van der Waals surface area contributed by atoms with Crippen LogP contribution in [0.4, 0.5) is 13.2 Å². The molecule has 3 heterocycles. The number of alkyl halides is 3. The third-order valence-corrected chi connectivity index (χ3v) is 7.82. The third-order valence-electron chi connectivity index (χ3n) is 5.97. The molecule has 1 amide bonds. The molecule has 1 fully saturated rings. The van der Waals surface area contributed by atoms with Gasteiger partial charge in [-0.1, -0.05) is 6.42 Å². The van der Waals surface area contributed by atoms with Crippen LogP contribution in [0.2, 0.25) is 0 Å². The first kappa shape index (κ1) is 22.8. The summed E-state index contributed by atoms with van der Waals surface area (Å²) in [5, 5.41) is 7.65. The lowest BCUT2D eigenvalue weighted by atomic mass is 10.1. The highest BCUT2D eigenvalue weighted by Crippen LogP contribution is 2.35. The number of fused-ring (bicyclic) bond motifs is 1. The molecule has 0 N–H and O–H groups in total. The fraction of sp³-hybridized carbons (Fsp3) is 0.632. The molecular formula is C19H25F3N6O3S. The Kier molecular flexibility index (Phi) is 6.05. The number of nitrogens with zero attached hydrogens (tertiary/aromatic N) is 6. The second-order valence-electron chi connectivity index (χ2n) is 8.12. The van der Waals surface area contributed by atoms with Crippen LogP contribution in [0.25, 0.3) is 0 Å². The highest BCUT2D eigenvalue weighted by molar-refractivity contribution is 7.89. The van der Waals surface area contributed by atoms with Crippen molar-refractivity contribution in [3.8, 4) is 0 Å². The van der Waals surface area contributed by atoms with Gasteiger partial charge in [0.1, 0.15) is 11.4 Å². The fourth-order valence-corrected chi connectivity index (χ4v) is 5.70. The summed E-state index contributed by atoms with van der Waals surface area (Å²) in [7, 11) is -2.09. The lowest BCUT2D eigenvalue weighted by molar-refractivity contribution is -0.142. The Morgan fingerprint density at radius 3 is 2.41 bits per heavy atom. The fourth-order valence-electron chi connectivity index (χ4n) is 4.29. The topological polar surface area (TPSA) is 93.3 Å². The van der Waals surface area contributed by atoms with Crippen molar-refractivity contribution in [1.82, 2.24) is 28.8 Å². The third kappa shape index (κ3) is 4.40. The molecule has 0 spiro atoms. The number of amides is 1. The van der Waals surface area contributed by atoms with E-state index >= 15 is 0 Å². The predicted molar refractivity (Wildman–Crippen MR) is 107 cm³/mol. The zero-order valence-corrected chi connectivity index (χ0v) is 18.5. The first-order chi connectivity index (χ1) is 15.1. The van der Waals surface area contributed by atoms with Gasteiger partial charge in [0.15, 0.2) is 5.69 Å². The summed E-state index contributed by atoms with van der Waals surface area (Å²) in [6.07, 6.45) is 1.16. The molecule has 2 aromatic rings. The zero-order valence-electron chi connectivity index (χ0n) is 17.7. The Balaban J connectivity index is 1.45. The molecule has 0 aromatic carbocycles. The number of sulfonamides is 1. The van der Waals surface area contributed by atoms with Crippen LogP contribution in [0.3, 0.4) is 0 Å². The van der Waals surface area contributed by atoms with Crippen LogP contribution >= 0.6 is 0 Å². The Labute approximate surface area is 183 Å². The molecule has 4 rings (SSSR count). The molecule has 1 saturated heterocycles. The number of rotatable bonds is 4. The minimum absolute atomic E-state index is 0.0821. The summed E-state index contributed by atoms with van der Waals surface area (Å²) in [5.74, 6) is -0.369. The van der Waals surface area contributed by atoms with Crippen LogP contribution in [0.5, 0.6) is 0 Å². The summed E-state index contributed by atoms with van der Waals surface area (Å²) in [5.41, 5.74) is -0.203. The maximum Gasteiger partial charge on any atom is 0.435 e. The maximum atomic E-state index is 13.5. The minimum atomic E-state index is -4.56. The average Bonchev–Trinajstić information content (AvgIpc) is 3.24. The molecule has 0 unspecified atom stereocenters. The summed E-state index contributed by atoms with van der Waals surface area (Å²) >= 11 is 0. The molecule has 176 valence electrons. The molecule has 0 saturated carbocycles. The van der Waals surface area contributed by atoms with E-state index in [9.17, 15) is 26.4 Å². The molecule has 0 bridgehead atoms. The van der Waals surface area contributed by atoms with Gasteiger partial charge in [-0.05, 0) is 25.7 Å². The first-order valence-corrected chi connectivity index (χ1v) is 11.9. The number of carbonyl (C=O) groups excluding carboxylic acids is 1. The molecule has 1 aliphatic carbocycles. The van der Waals surface area contributed by atoms with Crippen LogP contribution in [0, 0.1) is 0 Å². The molecule has 0 radical (unpaired) electrons. The van der Waals surface area contributed by atoms with E-state index < -0.39 is 21.9 Å². The average molecular weight is 475 g/mol. The van der Waals surface area contributed by atoms with Crippen molar-refractivity contribution in [2.75, 3.05) is 26.2 Å². The standard InChI is InChI=1S/C19H25F3N6O3S/c1-25-12-14(11-23-25)32(30,31)27-9-7-26(8-10-27)17(29)13-28-16-6-4-2-3-5-15(16)18(24-28)19(20,21)22/h11-12H,2-10,13H2,1H3. The van der Waals surface area contributed by atoms with Crippen molar-refractivity contribution in [3.63, 3.8) is 0 Å². The number of hydrogen-bond donors (Lipinski definition) is 0. The van der Waals surface area contributed by atoms with Crippen molar-refractivity contribution in [2.45, 2.75) is 49.7 Å². The summed E-state index contributed by atoms with van der Waals surface area (Å²) in [6, 6.07) is 0. The van der Waals surface area contributed by atoms with Crippen LogP contribution in [-0.2, 0) is 47.4 Å². The van der Waals surface area contributed by atoms with Gasteiger partial charge in [0.05, 0.1) is 6.20 Å². The smallest absolute Gasteiger partial charge is 0.338 e. The SMILES string of the molecule is Cn1cc(S(=O)(=O)N2CCN(C(=O)Cn3nc(C(F)(F)F)c4c3CCCCC4)CC2)cn1. The normalized spacial score (nSPS) is 18.4. The number of aryl methyl sites for hydroxylation is 1. The number of hydrogen-bond acceptors (Lipinski definition) is 5. The van der Waals surface area contributed by atoms with Gasteiger partial charge < -0.3 is 4.90 Å². The van der Waals surface area contributed by atoms with Gasteiger partial charge in [-0.25, -0.2) is 8.42 Å². The predicted octanol–water partition coefficient (Wildman–Crippen LogP) is 1.44. The zero-order chi connectivity index (χ0) is 23.1. The van der Waals surface area contributed by atoms with Crippen LogP contribution in [0.1, 0.15) is 36.2 Å². The van der Waals surface area contributed by atoms with Gasteiger partial charge in [0.2, 0.25) is 15.9 Å². The molecule has 1 aliphatic heterocycles. The van der Waals surface area contributed by atoms with Gasteiger partial charge >= 0.3 is 6.18 Å². The number of carbonyl (C=O) groups is 1. The summed E-state index contributed by atoms with van der Waals surface area (Å²) < 4.78 is 69.7. The highest BCUT2D eigenvalue weighted by Gasteiger charge is 2.39. The molecule has 13 heteroatoms. The molecule has 9 nitrogen and oxygen atoms in total. The van der Waals surface area contributed by atoms with Crippen LogP contribution in [-0.4, -0.2) is 69.3 Å². The van der Waals surface area contributed by atoms with Crippen molar-refractivity contribution >= 4 is 15.9 Å². The quantitative estimate of drug-likeness (QED) is 0.626. The summed E-state index contributed by atoms with van der Waals surface area (Å²) in [4.78, 5) is 14.4. The molecular weight excluding hydrogens is 449 g/mol. The second kappa shape index (κ2) is 8.50. The lowest BCUT2D eigenvalue weighted by Gasteiger charge is -2.33. The Morgan fingerprint density at radius 1 is 1.09 bits per heavy atom. The minimum Gasteiger partial charge on any atom is -0.338 e. The van der Waals surface area contributed by atoms with E-state index in [0.717, 1.165) is 12.8 Å². The van der Waals surface area contributed by atoms with Gasteiger partial charge in [0.25, 0.3) is 0 Å². The van der Waals surface area contributed by atoms with Gasteiger partial charge in [-0.3, -0.25) is 14.2 Å². The second-order valence-corrected chi connectivity index (χ2v) is 10.1. The monoisotopic (exact) mass is 474 g/mol. The number of piperazine rings is 1. The van der Waals surface area contributed by atoms with Crippen molar-refractivity contribution in [3.05, 3.63) is 29.3 Å². The molecule has 0 atom stereocenters. The first-order valence-electron chi connectivity index (χ1n) is 10.5. The van der Waals surface area contributed by atoms with Crippen molar-refractivity contribution < 1.29 is 26.4 Å².